The molecule has 3 aromatic carbocycles. The van der Waals surface area contributed by atoms with Crippen molar-refractivity contribution in [2.45, 2.75) is 6.92 Å². The molecule has 4 rings (SSSR count). The van der Waals surface area contributed by atoms with Gasteiger partial charge in [-0.15, -0.1) is 0 Å². The van der Waals surface area contributed by atoms with E-state index in [9.17, 15) is 4.79 Å². The maximum Gasteiger partial charge on any atom is 0.289 e. The zero-order valence-corrected chi connectivity index (χ0v) is 16.1. The number of hydrogen-bond donors (Lipinski definition) is 2. The van der Waals surface area contributed by atoms with Gasteiger partial charge < -0.3 is 4.74 Å². The molecule has 0 radical (unpaired) electrons. The molecule has 4 aromatic rings. The van der Waals surface area contributed by atoms with Crippen molar-refractivity contribution < 1.29 is 9.53 Å². The molecule has 0 spiro atoms. The molecule has 1 amide bonds. The normalized spacial score (nSPS) is 11.4. The molecule has 2 N–H and O–H groups in total. The maximum absolute atomic E-state index is 12.5. The molecule has 1 heterocycles. The van der Waals surface area contributed by atoms with E-state index in [1.165, 1.54) is 0 Å². The molecule has 144 valence electrons. The number of ether oxygens (including phenoxy) is 1. The van der Waals surface area contributed by atoms with Crippen LogP contribution < -0.4 is 10.2 Å². The van der Waals surface area contributed by atoms with Crippen molar-refractivity contribution in [3.63, 3.8) is 0 Å². The summed E-state index contributed by atoms with van der Waals surface area (Å²) in [5, 5.41) is 13.5. The standard InChI is InChI=1S/C23H20N4O2/c1-15(19-9-5-7-16-6-3-4-8-20(16)19)24-27-23(28)22-14-21(25-26-22)17-10-12-18(29-2)13-11-17/h3-14H,1-2H3,(H,25,26)(H,27,28). The van der Waals surface area contributed by atoms with Gasteiger partial charge in [0, 0.05) is 11.1 Å². The number of nitrogens with one attached hydrogen (secondary N) is 2. The maximum atomic E-state index is 12.5. The van der Waals surface area contributed by atoms with Gasteiger partial charge in [0.2, 0.25) is 0 Å². The fraction of sp³-hybridized carbons (Fsp3) is 0.0870. The van der Waals surface area contributed by atoms with Gasteiger partial charge >= 0.3 is 0 Å². The van der Waals surface area contributed by atoms with Gasteiger partial charge in [0.25, 0.3) is 5.91 Å². The van der Waals surface area contributed by atoms with Crippen LogP contribution in [0.15, 0.2) is 77.9 Å². The van der Waals surface area contributed by atoms with Gasteiger partial charge in [-0.2, -0.15) is 10.2 Å². The molecule has 0 fully saturated rings. The molecule has 0 atom stereocenters. The van der Waals surface area contributed by atoms with Crippen LogP contribution in [0.25, 0.3) is 22.0 Å². The molecular formula is C23H20N4O2. The molecule has 0 saturated heterocycles. The number of methoxy groups -OCH3 is 1. The van der Waals surface area contributed by atoms with E-state index in [1.807, 2.05) is 61.5 Å². The molecule has 0 aliphatic heterocycles. The highest BCUT2D eigenvalue weighted by Crippen LogP contribution is 2.21. The van der Waals surface area contributed by atoms with Crippen LogP contribution in [0.3, 0.4) is 0 Å². The highest BCUT2D eigenvalue weighted by atomic mass is 16.5. The quantitative estimate of drug-likeness (QED) is 0.396. The number of carbonyl (C=O) groups is 1. The summed E-state index contributed by atoms with van der Waals surface area (Å²) in [4.78, 5) is 12.5. The predicted octanol–water partition coefficient (Wildman–Crippen LogP) is 4.39. The third-order valence-corrected chi connectivity index (χ3v) is 4.71. The number of H-pyrrole nitrogens is 1. The number of nitrogens with zero attached hydrogens (tertiary/aromatic N) is 2. The van der Waals surface area contributed by atoms with Crippen LogP contribution in [0.1, 0.15) is 23.0 Å². The number of rotatable bonds is 5. The zero-order valence-electron chi connectivity index (χ0n) is 16.1. The summed E-state index contributed by atoms with van der Waals surface area (Å²) >= 11 is 0. The van der Waals surface area contributed by atoms with E-state index < -0.39 is 0 Å². The Labute approximate surface area is 168 Å². The lowest BCUT2D eigenvalue weighted by atomic mass is 10.0. The number of hydrogen-bond acceptors (Lipinski definition) is 4. The Morgan fingerprint density at radius 3 is 2.59 bits per heavy atom. The van der Waals surface area contributed by atoms with Crippen LogP contribution in [-0.4, -0.2) is 28.9 Å². The van der Waals surface area contributed by atoms with E-state index >= 15 is 0 Å². The smallest absolute Gasteiger partial charge is 0.289 e. The fourth-order valence-electron chi connectivity index (χ4n) is 3.14. The third-order valence-electron chi connectivity index (χ3n) is 4.71. The van der Waals surface area contributed by atoms with Gasteiger partial charge in [-0.25, -0.2) is 5.43 Å². The molecule has 6 heteroatoms. The van der Waals surface area contributed by atoms with Gasteiger partial charge in [0.15, 0.2) is 0 Å². The highest BCUT2D eigenvalue weighted by Gasteiger charge is 2.11. The Morgan fingerprint density at radius 1 is 1.03 bits per heavy atom. The predicted molar refractivity (Wildman–Crippen MR) is 114 cm³/mol. The van der Waals surface area contributed by atoms with Crippen LogP contribution in [0.4, 0.5) is 0 Å². The zero-order chi connectivity index (χ0) is 20.2. The fourth-order valence-corrected chi connectivity index (χ4v) is 3.14. The number of carbonyl (C=O) groups excluding carboxylic acids is 1. The summed E-state index contributed by atoms with van der Waals surface area (Å²) < 4.78 is 5.16. The van der Waals surface area contributed by atoms with E-state index in [1.54, 1.807) is 13.2 Å². The van der Waals surface area contributed by atoms with E-state index in [4.69, 9.17) is 4.74 Å². The first kappa shape index (κ1) is 18.4. The SMILES string of the molecule is COc1ccc(-c2cc(C(=O)NN=C(C)c3cccc4ccccc34)[nH]n2)cc1. The van der Waals surface area contributed by atoms with Gasteiger partial charge in [-0.1, -0.05) is 42.5 Å². The van der Waals surface area contributed by atoms with Crippen molar-refractivity contribution in [1.82, 2.24) is 15.6 Å². The minimum Gasteiger partial charge on any atom is -0.497 e. The average molecular weight is 384 g/mol. The molecule has 0 saturated carbocycles. The van der Waals surface area contributed by atoms with Gasteiger partial charge in [0.05, 0.1) is 18.5 Å². The van der Waals surface area contributed by atoms with E-state index in [-0.39, 0.29) is 5.91 Å². The van der Waals surface area contributed by atoms with Crippen molar-refractivity contribution in [2.24, 2.45) is 5.10 Å². The lowest BCUT2D eigenvalue weighted by molar-refractivity contribution is 0.0950. The van der Waals surface area contributed by atoms with Gasteiger partial charge in [0.1, 0.15) is 11.4 Å². The van der Waals surface area contributed by atoms with Crippen molar-refractivity contribution in [2.75, 3.05) is 7.11 Å². The van der Waals surface area contributed by atoms with Crippen molar-refractivity contribution >= 4 is 22.4 Å². The van der Waals surface area contributed by atoms with Gasteiger partial charge in [-0.05, 0) is 48.0 Å². The molecule has 0 unspecified atom stereocenters. The third kappa shape index (κ3) is 3.87. The molecule has 29 heavy (non-hydrogen) atoms. The largest absolute Gasteiger partial charge is 0.497 e. The summed E-state index contributed by atoms with van der Waals surface area (Å²) in [6.45, 7) is 1.87. The Bertz CT molecular complexity index is 1190. The number of hydrazone groups is 1. The summed E-state index contributed by atoms with van der Waals surface area (Å²) in [5.74, 6) is 0.414. The number of amides is 1. The van der Waals surface area contributed by atoms with Crippen LogP contribution in [0.2, 0.25) is 0 Å². The van der Waals surface area contributed by atoms with Crippen LogP contribution >= 0.6 is 0 Å². The minimum atomic E-state index is -0.350. The molecule has 0 aliphatic carbocycles. The first-order chi connectivity index (χ1) is 14.2. The Balaban J connectivity index is 1.51. The second kappa shape index (κ2) is 7.98. The average Bonchev–Trinajstić information content (AvgIpc) is 3.27. The lowest BCUT2D eigenvalue weighted by Gasteiger charge is -2.06. The first-order valence-corrected chi connectivity index (χ1v) is 9.18. The number of aromatic nitrogens is 2. The number of aromatic amines is 1. The molecule has 0 bridgehead atoms. The Kier molecular flexibility index (Phi) is 5.07. The van der Waals surface area contributed by atoms with Crippen molar-refractivity contribution in [3.8, 4) is 17.0 Å². The number of benzene rings is 3. The summed E-state index contributed by atoms with van der Waals surface area (Å²) in [5.41, 5.74) is 6.21. The Morgan fingerprint density at radius 2 is 1.79 bits per heavy atom. The summed E-state index contributed by atoms with van der Waals surface area (Å²) in [7, 11) is 1.62. The highest BCUT2D eigenvalue weighted by molar-refractivity contribution is 6.10. The number of fused-ring (bicyclic) bond motifs is 1. The molecule has 1 aromatic heterocycles. The van der Waals surface area contributed by atoms with Crippen LogP contribution in [0, 0.1) is 0 Å². The van der Waals surface area contributed by atoms with Crippen molar-refractivity contribution in [3.05, 3.63) is 84.1 Å². The second-order valence-electron chi connectivity index (χ2n) is 6.56. The second-order valence-corrected chi connectivity index (χ2v) is 6.56. The van der Waals surface area contributed by atoms with Crippen LogP contribution in [0.5, 0.6) is 5.75 Å². The van der Waals surface area contributed by atoms with E-state index in [2.05, 4.69) is 32.9 Å². The van der Waals surface area contributed by atoms with Crippen LogP contribution in [-0.2, 0) is 0 Å². The lowest BCUT2D eigenvalue weighted by Crippen LogP contribution is -2.19. The first-order valence-electron chi connectivity index (χ1n) is 9.18. The minimum absolute atomic E-state index is 0.338. The van der Waals surface area contributed by atoms with E-state index in [0.29, 0.717) is 11.4 Å². The van der Waals surface area contributed by atoms with E-state index in [0.717, 1.165) is 33.4 Å². The molecule has 0 aliphatic rings. The topological polar surface area (TPSA) is 79.4 Å². The van der Waals surface area contributed by atoms with Gasteiger partial charge in [-0.3, -0.25) is 9.89 Å². The summed E-state index contributed by atoms with van der Waals surface area (Å²) in [6.07, 6.45) is 0. The Hall–Kier alpha value is -3.93. The monoisotopic (exact) mass is 384 g/mol. The molecular weight excluding hydrogens is 364 g/mol. The molecule has 6 nitrogen and oxygen atoms in total. The summed E-state index contributed by atoms with van der Waals surface area (Å²) in [6, 6.07) is 23.3. The van der Waals surface area contributed by atoms with Crippen molar-refractivity contribution in [1.29, 1.82) is 0 Å².